The molecule has 0 saturated carbocycles. The van der Waals surface area contributed by atoms with Gasteiger partial charge in [-0.25, -0.2) is 0 Å². The van der Waals surface area contributed by atoms with Crippen LogP contribution in [0.3, 0.4) is 0 Å². The Morgan fingerprint density at radius 1 is 1.09 bits per heavy atom. The van der Waals surface area contributed by atoms with Crippen molar-refractivity contribution in [2.24, 2.45) is 11.8 Å². The Hall–Kier alpha value is -2.07. The van der Waals surface area contributed by atoms with Crippen molar-refractivity contribution in [3.8, 4) is 5.75 Å². The first-order chi connectivity index (χ1) is 10.6. The van der Waals surface area contributed by atoms with Crippen LogP contribution >= 0.6 is 0 Å². The monoisotopic (exact) mass is 296 g/mol. The summed E-state index contributed by atoms with van der Waals surface area (Å²) in [7, 11) is 2.14. The second-order valence-corrected chi connectivity index (χ2v) is 6.67. The van der Waals surface area contributed by atoms with Gasteiger partial charge in [-0.3, -0.25) is 4.79 Å². The van der Waals surface area contributed by atoms with Crippen molar-refractivity contribution in [2.75, 3.05) is 33.2 Å². The minimum Gasteiger partial charge on any atom is -0.507 e. The van der Waals surface area contributed by atoms with Crippen molar-refractivity contribution in [3.63, 3.8) is 0 Å². The number of hydrogen-bond donors (Lipinski definition) is 1. The Labute approximate surface area is 129 Å². The molecule has 2 atom stereocenters. The largest absolute Gasteiger partial charge is 0.507 e. The van der Waals surface area contributed by atoms with Crippen LogP contribution < -0.4 is 0 Å². The number of benzene rings is 2. The smallest absolute Gasteiger partial charge is 0.254 e. The lowest BCUT2D eigenvalue weighted by molar-refractivity contribution is 0.0775. The maximum Gasteiger partial charge on any atom is 0.254 e. The second-order valence-electron chi connectivity index (χ2n) is 6.67. The Kier molecular flexibility index (Phi) is 3.08. The van der Waals surface area contributed by atoms with Crippen LogP contribution in [0.4, 0.5) is 0 Å². The molecule has 1 amide bonds. The first kappa shape index (κ1) is 13.6. The molecule has 4 rings (SSSR count). The van der Waals surface area contributed by atoms with Gasteiger partial charge in [0.15, 0.2) is 0 Å². The molecule has 2 saturated heterocycles. The fourth-order valence-corrected chi connectivity index (χ4v) is 3.99. The van der Waals surface area contributed by atoms with Crippen molar-refractivity contribution >= 4 is 16.7 Å². The number of carbonyl (C=O) groups excluding carboxylic acids is 1. The maximum absolute atomic E-state index is 12.8. The molecule has 0 spiro atoms. The summed E-state index contributed by atoms with van der Waals surface area (Å²) >= 11 is 0. The molecule has 2 heterocycles. The van der Waals surface area contributed by atoms with Crippen molar-refractivity contribution in [2.45, 2.75) is 0 Å². The van der Waals surface area contributed by atoms with Crippen LogP contribution in [0.15, 0.2) is 36.4 Å². The van der Waals surface area contributed by atoms with E-state index in [2.05, 4.69) is 11.9 Å². The molecule has 114 valence electrons. The zero-order valence-electron chi connectivity index (χ0n) is 12.7. The maximum atomic E-state index is 12.8. The Balaban J connectivity index is 1.61. The zero-order chi connectivity index (χ0) is 15.3. The van der Waals surface area contributed by atoms with Crippen LogP contribution in [-0.2, 0) is 0 Å². The number of hydrogen-bond acceptors (Lipinski definition) is 3. The summed E-state index contributed by atoms with van der Waals surface area (Å²) in [6.45, 7) is 3.83. The number of nitrogens with zero attached hydrogens (tertiary/aromatic N) is 2. The molecule has 1 N–H and O–H groups in total. The molecule has 0 aliphatic carbocycles. The lowest BCUT2D eigenvalue weighted by Gasteiger charge is -2.20. The number of aromatic hydroxyl groups is 1. The van der Waals surface area contributed by atoms with E-state index in [0.717, 1.165) is 37.0 Å². The molecule has 0 aromatic heterocycles. The predicted octanol–water partition coefficient (Wildman–Crippen LogP) is 2.18. The van der Waals surface area contributed by atoms with Crippen LogP contribution in [0.25, 0.3) is 10.8 Å². The number of phenols is 1. The molecular weight excluding hydrogens is 276 g/mol. The van der Waals surface area contributed by atoms with Gasteiger partial charge in [-0.2, -0.15) is 0 Å². The van der Waals surface area contributed by atoms with E-state index in [1.807, 2.05) is 35.2 Å². The summed E-state index contributed by atoms with van der Waals surface area (Å²) in [5.41, 5.74) is 0.588. The number of likely N-dealkylation sites (tertiary alicyclic amines) is 2. The van der Waals surface area contributed by atoms with Gasteiger partial charge in [-0.1, -0.05) is 24.3 Å². The standard InChI is InChI=1S/C18H20N2O2/c1-19-8-14-10-20(11-15(14)9-19)18(22)13-6-12-4-2-3-5-16(12)17(21)7-13/h2-7,14-15,21H,8-11H2,1H3/t14-,15+. The summed E-state index contributed by atoms with van der Waals surface area (Å²) in [4.78, 5) is 17.1. The van der Waals surface area contributed by atoms with Crippen LogP contribution in [0.5, 0.6) is 5.75 Å². The van der Waals surface area contributed by atoms with Gasteiger partial charge in [0.05, 0.1) is 0 Å². The Morgan fingerprint density at radius 2 is 1.77 bits per heavy atom. The lowest BCUT2D eigenvalue weighted by atomic mass is 10.0. The fraction of sp³-hybridized carbons (Fsp3) is 0.389. The number of fused-ring (bicyclic) bond motifs is 2. The summed E-state index contributed by atoms with van der Waals surface area (Å²) in [5.74, 6) is 1.42. The van der Waals surface area contributed by atoms with Crippen LogP contribution in [-0.4, -0.2) is 54.0 Å². The van der Waals surface area contributed by atoms with Gasteiger partial charge in [0, 0.05) is 37.1 Å². The SMILES string of the molecule is CN1C[C@@H]2CN(C(=O)c3cc(O)c4ccccc4c3)C[C@@H]2C1. The van der Waals surface area contributed by atoms with Crippen molar-refractivity contribution in [1.29, 1.82) is 0 Å². The molecule has 2 aliphatic heterocycles. The molecule has 0 bridgehead atoms. The molecule has 0 unspecified atom stereocenters. The first-order valence-corrected chi connectivity index (χ1v) is 7.81. The summed E-state index contributed by atoms with van der Waals surface area (Å²) < 4.78 is 0. The fourth-order valence-electron chi connectivity index (χ4n) is 3.99. The summed E-state index contributed by atoms with van der Waals surface area (Å²) in [6, 6.07) is 11.1. The average Bonchev–Trinajstić information content (AvgIpc) is 3.03. The van der Waals surface area contributed by atoms with E-state index in [-0.39, 0.29) is 11.7 Å². The molecule has 2 aromatic rings. The van der Waals surface area contributed by atoms with Gasteiger partial charge < -0.3 is 14.9 Å². The number of phenolic OH excluding ortho intramolecular Hbond substituents is 1. The van der Waals surface area contributed by atoms with E-state index in [1.54, 1.807) is 6.07 Å². The highest BCUT2D eigenvalue weighted by atomic mass is 16.3. The molecule has 2 fully saturated rings. The highest BCUT2D eigenvalue weighted by molar-refractivity contribution is 6.00. The number of rotatable bonds is 1. The van der Waals surface area contributed by atoms with E-state index >= 15 is 0 Å². The molecule has 22 heavy (non-hydrogen) atoms. The van der Waals surface area contributed by atoms with Gasteiger partial charge in [-0.05, 0) is 36.4 Å². The van der Waals surface area contributed by atoms with E-state index in [4.69, 9.17) is 0 Å². The molecular formula is C18H20N2O2. The van der Waals surface area contributed by atoms with Crippen molar-refractivity contribution in [3.05, 3.63) is 42.0 Å². The van der Waals surface area contributed by atoms with Gasteiger partial charge in [0.2, 0.25) is 0 Å². The Bertz CT molecular complexity index is 729. The minimum atomic E-state index is 0.0399. The second kappa shape index (κ2) is 4.99. The topological polar surface area (TPSA) is 43.8 Å². The van der Waals surface area contributed by atoms with Crippen molar-refractivity contribution < 1.29 is 9.90 Å². The predicted molar refractivity (Wildman–Crippen MR) is 86.0 cm³/mol. The van der Waals surface area contributed by atoms with Gasteiger partial charge in [0.25, 0.3) is 5.91 Å². The van der Waals surface area contributed by atoms with E-state index < -0.39 is 0 Å². The van der Waals surface area contributed by atoms with Crippen LogP contribution in [0.2, 0.25) is 0 Å². The van der Waals surface area contributed by atoms with E-state index in [9.17, 15) is 9.90 Å². The highest BCUT2D eigenvalue weighted by Gasteiger charge is 2.40. The van der Waals surface area contributed by atoms with Gasteiger partial charge in [-0.15, -0.1) is 0 Å². The van der Waals surface area contributed by atoms with Gasteiger partial charge >= 0.3 is 0 Å². The number of carbonyl (C=O) groups is 1. The van der Waals surface area contributed by atoms with Crippen LogP contribution in [0.1, 0.15) is 10.4 Å². The minimum absolute atomic E-state index is 0.0399. The number of amides is 1. The highest BCUT2D eigenvalue weighted by Crippen LogP contribution is 2.32. The summed E-state index contributed by atoms with van der Waals surface area (Å²) in [5, 5.41) is 11.9. The Morgan fingerprint density at radius 3 is 2.50 bits per heavy atom. The third-order valence-electron chi connectivity index (χ3n) is 5.04. The average molecular weight is 296 g/mol. The molecule has 2 aliphatic rings. The zero-order valence-corrected chi connectivity index (χ0v) is 12.7. The van der Waals surface area contributed by atoms with Gasteiger partial charge in [0.1, 0.15) is 5.75 Å². The lowest BCUT2D eigenvalue weighted by Crippen LogP contribution is -2.32. The van der Waals surface area contributed by atoms with Crippen molar-refractivity contribution in [1.82, 2.24) is 9.80 Å². The molecule has 0 radical (unpaired) electrons. The molecule has 2 aromatic carbocycles. The quantitative estimate of drug-likeness (QED) is 0.877. The third-order valence-corrected chi connectivity index (χ3v) is 5.04. The van der Waals surface area contributed by atoms with Crippen LogP contribution in [0, 0.1) is 11.8 Å². The summed E-state index contributed by atoms with van der Waals surface area (Å²) in [6.07, 6.45) is 0. The van der Waals surface area contributed by atoms with E-state index in [1.165, 1.54) is 0 Å². The normalized spacial score (nSPS) is 24.9. The molecule has 4 heteroatoms. The van der Waals surface area contributed by atoms with E-state index in [0.29, 0.717) is 17.4 Å². The first-order valence-electron chi connectivity index (χ1n) is 7.81. The third kappa shape index (κ3) is 2.15. The molecule has 4 nitrogen and oxygen atoms in total.